The Bertz CT molecular complexity index is 977. The van der Waals surface area contributed by atoms with Crippen LogP contribution < -0.4 is 4.74 Å². The molecule has 0 N–H and O–H groups in total. The Morgan fingerprint density at radius 3 is 2.77 bits per heavy atom. The van der Waals surface area contributed by atoms with E-state index in [1.54, 1.807) is 23.1 Å². The second kappa shape index (κ2) is 8.45. The number of fused-ring (bicyclic) bond motifs is 1. The summed E-state index contributed by atoms with van der Waals surface area (Å²) in [6, 6.07) is 7.52. The summed E-state index contributed by atoms with van der Waals surface area (Å²) in [6.45, 7) is 0.595. The van der Waals surface area contributed by atoms with Crippen LogP contribution >= 0.6 is 15.9 Å². The number of aromatic nitrogens is 2. The van der Waals surface area contributed by atoms with Crippen LogP contribution in [0.1, 0.15) is 37.3 Å². The third-order valence-corrected chi connectivity index (χ3v) is 7.63. The summed E-state index contributed by atoms with van der Waals surface area (Å²) in [5.41, 5.74) is 0.672. The Morgan fingerprint density at radius 2 is 2.03 bits per heavy atom. The number of ether oxygens (including phenoxy) is 1. The molecule has 31 heavy (non-hydrogen) atoms. The van der Waals surface area contributed by atoms with E-state index in [1.807, 2.05) is 0 Å². The van der Waals surface area contributed by atoms with Gasteiger partial charge in [-0.05, 0) is 70.6 Å². The molecule has 2 aromatic rings. The van der Waals surface area contributed by atoms with Crippen LogP contribution in [0.3, 0.4) is 0 Å². The first-order chi connectivity index (χ1) is 15.0. The lowest BCUT2D eigenvalue weighted by Crippen LogP contribution is -2.40. The van der Waals surface area contributed by atoms with E-state index in [0.717, 1.165) is 19.3 Å². The summed E-state index contributed by atoms with van der Waals surface area (Å²) >= 11 is 3.31. The molecule has 3 aliphatic rings. The molecule has 1 amide bonds. The molecule has 0 radical (unpaired) electrons. The number of amides is 1. The lowest BCUT2D eigenvalue weighted by atomic mass is 9.70. The lowest BCUT2D eigenvalue weighted by Gasteiger charge is -2.37. The highest BCUT2D eigenvalue weighted by molar-refractivity contribution is 9.10. The predicted octanol–water partition coefficient (Wildman–Crippen LogP) is 4.73. The summed E-state index contributed by atoms with van der Waals surface area (Å²) in [4.78, 5) is 23.3. The second-order valence-electron chi connectivity index (χ2n) is 8.89. The highest BCUT2D eigenvalue weighted by atomic mass is 79.9. The van der Waals surface area contributed by atoms with Crippen molar-refractivity contribution in [1.82, 2.24) is 14.9 Å². The molecule has 6 atom stereocenters. The smallest absolute Gasteiger partial charge is 0.226 e. The standard InChI is InChI=1S/C23H24BrF2N3O2/c24-21-9-22(28-12-27-21)31-11-14-7-19(18-5-4-17(14)18)23(30)29-10-16(26)8-20(29)13-2-1-3-15(25)6-13/h1-3,6,9,12,14,16-20H,4-5,7-8,10-11H2/t14?,16?,17?,18?,19-,20?/m0/s1. The Labute approximate surface area is 188 Å². The molecule has 1 aliphatic heterocycles. The first-order valence-corrected chi connectivity index (χ1v) is 11.6. The van der Waals surface area contributed by atoms with Gasteiger partial charge in [-0.1, -0.05) is 12.1 Å². The van der Waals surface area contributed by atoms with E-state index >= 15 is 0 Å². The van der Waals surface area contributed by atoms with Gasteiger partial charge in [-0.15, -0.1) is 0 Å². The minimum atomic E-state index is -1.08. The van der Waals surface area contributed by atoms with Crippen molar-refractivity contribution in [3.63, 3.8) is 0 Å². The van der Waals surface area contributed by atoms with Crippen LogP contribution in [0.25, 0.3) is 0 Å². The maximum absolute atomic E-state index is 14.3. The summed E-state index contributed by atoms with van der Waals surface area (Å²) in [5, 5.41) is 0. The highest BCUT2D eigenvalue weighted by Gasteiger charge is 2.53. The first-order valence-electron chi connectivity index (χ1n) is 10.8. The number of hydrogen-bond donors (Lipinski definition) is 0. The molecule has 5 rings (SSSR count). The monoisotopic (exact) mass is 491 g/mol. The molecule has 1 saturated heterocycles. The van der Waals surface area contributed by atoms with Crippen LogP contribution in [-0.2, 0) is 4.79 Å². The van der Waals surface area contributed by atoms with Gasteiger partial charge in [0, 0.05) is 18.4 Å². The van der Waals surface area contributed by atoms with Crippen LogP contribution in [0.5, 0.6) is 5.88 Å². The van der Waals surface area contributed by atoms with Crippen molar-refractivity contribution in [3.05, 3.63) is 52.6 Å². The van der Waals surface area contributed by atoms with Crippen LogP contribution in [-0.4, -0.2) is 40.1 Å². The Kier molecular flexibility index (Phi) is 5.67. The van der Waals surface area contributed by atoms with Gasteiger partial charge >= 0.3 is 0 Å². The summed E-state index contributed by atoms with van der Waals surface area (Å²) < 4.78 is 34.6. The molecule has 1 aromatic heterocycles. The number of hydrogen-bond acceptors (Lipinski definition) is 4. The summed E-state index contributed by atoms with van der Waals surface area (Å²) in [5.74, 6) is 1.10. The fraction of sp³-hybridized carbons (Fsp3) is 0.522. The quantitative estimate of drug-likeness (QED) is 0.567. The average molecular weight is 492 g/mol. The number of carbonyl (C=O) groups excluding carboxylic acids is 1. The molecule has 0 spiro atoms. The maximum atomic E-state index is 14.3. The van der Waals surface area contributed by atoms with Crippen molar-refractivity contribution in [2.45, 2.75) is 37.9 Å². The number of benzene rings is 1. The fourth-order valence-electron chi connectivity index (χ4n) is 5.65. The Hall–Kier alpha value is -2.09. The third-order valence-electron chi connectivity index (χ3n) is 7.20. The number of halogens is 3. The van der Waals surface area contributed by atoms with Gasteiger partial charge in [0.1, 0.15) is 22.9 Å². The minimum absolute atomic E-state index is 0.0105. The Morgan fingerprint density at radius 1 is 1.19 bits per heavy atom. The van der Waals surface area contributed by atoms with Crippen molar-refractivity contribution < 1.29 is 18.3 Å². The largest absolute Gasteiger partial charge is 0.477 e. The molecule has 2 saturated carbocycles. The molecular weight excluding hydrogens is 468 g/mol. The first kappa shape index (κ1) is 20.8. The molecule has 5 nitrogen and oxygen atoms in total. The molecule has 0 bridgehead atoms. The van der Waals surface area contributed by atoms with Gasteiger partial charge in [-0.25, -0.2) is 18.7 Å². The summed E-state index contributed by atoms with van der Waals surface area (Å²) in [7, 11) is 0. The number of nitrogens with zero attached hydrogens (tertiary/aromatic N) is 3. The number of likely N-dealkylation sites (tertiary alicyclic amines) is 1. The molecular formula is C23H24BrF2N3O2. The predicted molar refractivity (Wildman–Crippen MR) is 113 cm³/mol. The zero-order valence-corrected chi connectivity index (χ0v) is 18.5. The number of alkyl halides is 1. The fourth-order valence-corrected chi connectivity index (χ4v) is 5.94. The van der Waals surface area contributed by atoms with E-state index in [0.29, 0.717) is 34.5 Å². The van der Waals surface area contributed by atoms with Gasteiger partial charge in [0.05, 0.1) is 19.2 Å². The number of carbonyl (C=O) groups is 1. The van der Waals surface area contributed by atoms with Gasteiger partial charge in [0.2, 0.25) is 11.8 Å². The molecule has 8 heteroatoms. The van der Waals surface area contributed by atoms with Crippen LogP contribution in [0, 0.1) is 29.5 Å². The van der Waals surface area contributed by atoms with Gasteiger partial charge in [0.25, 0.3) is 0 Å². The highest BCUT2D eigenvalue weighted by Crippen LogP contribution is 2.55. The average Bonchev–Trinajstić information content (AvgIpc) is 3.22. The molecule has 5 unspecified atom stereocenters. The maximum Gasteiger partial charge on any atom is 0.226 e. The van der Waals surface area contributed by atoms with Crippen molar-refractivity contribution in [3.8, 4) is 5.88 Å². The van der Waals surface area contributed by atoms with Crippen molar-refractivity contribution in [2.75, 3.05) is 13.2 Å². The van der Waals surface area contributed by atoms with Crippen molar-refractivity contribution >= 4 is 21.8 Å². The second-order valence-corrected chi connectivity index (χ2v) is 9.70. The van der Waals surface area contributed by atoms with Gasteiger partial charge in [-0.2, -0.15) is 0 Å². The zero-order valence-electron chi connectivity index (χ0n) is 17.0. The van der Waals surface area contributed by atoms with Crippen LogP contribution in [0.4, 0.5) is 8.78 Å². The van der Waals surface area contributed by atoms with Crippen LogP contribution in [0.2, 0.25) is 0 Å². The van der Waals surface area contributed by atoms with Gasteiger partial charge in [0.15, 0.2) is 0 Å². The van der Waals surface area contributed by atoms with E-state index in [1.165, 1.54) is 18.5 Å². The molecule has 3 fully saturated rings. The third kappa shape index (κ3) is 4.06. The molecule has 2 heterocycles. The Balaban J connectivity index is 1.29. The van der Waals surface area contributed by atoms with Gasteiger partial charge < -0.3 is 9.64 Å². The van der Waals surface area contributed by atoms with E-state index in [9.17, 15) is 13.6 Å². The molecule has 164 valence electrons. The van der Waals surface area contributed by atoms with E-state index in [4.69, 9.17) is 4.74 Å². The minimum Gasteiger partial charge on any atom is -0.477 e. The molecule has 2 aliphatic carbocycles. The normalized spacial score (nSPS) is 31.9. The molecule has 1 aromatic carbocycles. The topological polar surface area (TPSA) is 55.3 Å². The lowest BCUT2D eigenvalue weighted by molar-refractivity contribution is -0.139. The summed E-state index contributed by atoms with van der Waals surface area (Å²) in [6.07, 6.45) is 3.45. The van der Waals surface area contributed by atoms with E-state index < -0.39 is 12.2 Å². The SMILES string of the molecule is O=C([C@H]1CC(COc2cc(Br)ncn2)C2CCC21)N1CC(F)CC1c1cccc(F)c1. The van der Waals surface area contributed by atoms with Crippen LogP contribution in [0.15, 0.2) is 41.3 Å². The van der Waals surface area contributed by atoms with Crippen molar-refractivity contribution in [1.29, 1.82) is 0 Å². The van der Waals surface area contributed by atoms with Gasteiger partial charge in [-0.3, -0.25) is 4.79 Å². The van der Waals surface area contributed by atoms with E-state index in [2.05, 4.69) is 25.9 Å². The zero-order chi connectivity index (χ0) is 21.5. The number of rotatable bonds is 5. The van der Waals surface area contributed by atoms with Crippen molar-refractivity contribution in [2.24, 2.45) is 23.7 Å². The van der Waals surface area contributed by atoms with E-state index in [-0.39, 0.29) is 36.5 Å².